The van der Waals surface area contributed by atoms with Gasteiger partial charge in [0.2, 0.25) is 0 Å². The number of nitrogens with zero attached hydrogens (tertiary/aromatic N) is 1. The Kier molecular flexibility index (Phi) is 6.59. The standard InChI is InChI=1S/C18H25NO3/c1-15(20)14-18(21)22-13-10-17(16-8-4-2-5-9-16)19-11-6-3-7-12-19/h2,4-5,8-9,17H,3,6-7,10-14H2,1H3. The van der Waals surface area contributed by atoms with Gasteiger partial charge in [-0.3, -0.25) is 14.5 Å². The van der Waals surface area contributed by atoms with E-state index in [1.54, 1.807) is 0 Å². The molecular weight excluding hydrogens is 278 g/mol. The van der Waals surface area contributed by atoms with Crippen LogP contribution in [0.4, 0.5) is 0 Å². The first-order valence-electron chi connectivity index (χ1n) is 8.11. The lowest BCUT2D eigenvalue weighted by atomic mass is 9.99. The van der Waals surface area contributed by atoms with Gasteiger partial charge in [-0.15, -0.1) is 0 Å². The molecule has 1 fully saturated rings. The highest BCUT2D eigenvalue weighted by Crippen LogP contribution is 2.27. The molecule has 0 aromatic heterocycles. The number of benzene rings is 1. The monoisotopic (exact) mass is 303 g/mol. The number of hydrogen-bond acceptors (Lipinski definition) is 4. The number of ketones is 1. The Hall–Kier alpha value is -1.68. The normalized spacial score (nSPS) is 17.0. The first-order chi connectivity index (χ1) is 10.7. The lowest BCUT2D eigenvalue weighted by Gasteiger charge is -2.34. The summed E-state index contributed by atoms with van der Waals surface area (Å²) in [6.45, 7) is 3.96. The minimum Gasteiger partial charge on any atom is -0.465 e. The Morgan fingerprint density at radius 2 is 1.82 bits per heavy atom. The van der Waals surface area contributed by atoms with Crippen LogP contribution in [-0.4, -0.2) is 36.3 Å². The highest BCUT2D eigenvalue weighted by atomic mass is 16.5. The van der Waals surface area contributed by atoms with Gasteiger partial charge in [0.1, 0.15) is 12.2 Å². The smallest absolute Gasteiger partial charge is 0.313 e. The maximum atomic E-state index is 11.5. The summed E-state index contributed by atoms with van der Waals surface area (Å²) < 4.78 is 5.21. The van der Waals surface area contributed by atoms with Gasteiger partial charge in [0.15, 0.2) is 0 Å². The van der Waals surface area contributed by atoms with Gasteiger partial charge in [0, 0.05) is 12.5 Å². The van der Waals surface area contributed by atoms with Crippen LogP contribution in [0.5, 0.6) is 0 Å². The summed E-state index contributed by atoms with van der Waals surface area (Å²) >= 11 is 0. The van der Waals surface area contributed by atoms with E-state index in [0.29, 0.717) is 6.61 Å². The fraction of sp³-hybridized carbons (Fsp3) is 0.556. The van der Waals surface area contributed by atoms with Crippen LogP contribution < -0.4 is 0 Å². The molecule has 1 aliphatic heterocycles. The molecule has 4 heteroatoms. The second-order valence-electron chi connectivity index (χ2n) is 5.91. The highest BCUT2D eigenvalue weighted by Gasteiger charge is 2.22. The number of likely N-dealkylation sites (tertiary alicyclic amines) is 1. The van der Waals surface area contributed by atoms with Gasteiger partial charge in [-0.05, 0) is 38.4 Å². The molecule has 0 bridgehead atoms. The van der Waals surface area contributed by atoms with Gasteiger partial charge in [-0.2, -0.15) is 0 Å². The van der Waals surface area contributed by atoms with E-state index in [1.165, 1.54) is 31.7 Å². The quantitative estimate of drug-likeness (QED) is 0.573. The predicted octanol–water partition coefficient (Wildman–Crippen LogP) is 3.13. The van der Waals surface area contributed by atoms with Crippen molar-refractivity contribution in [2.45, 2.75) is 45.1 Å². The molecule has 1 unspecified atom stereocenters. The van der Waals surface area contributed by atoms with Crippen LogP contribution in [0, 0.1) is 0 Å². The van der Waals surface area contributed by atoms with Crippen molar-refractivity contribution in [3.63, 3.8) is 0 Å². The van der Waals surface area contributed by atoms with Crippen molar-refractivity contribution in [3.05, 3.63) is 35.9 Å². The molecule has 1 aliphatic rings. The first-order valence-corrected chi connectivity index (χ1v) is 8.11. The molecule has 0 N–H and O–H groups in total. The summed E-state index contributed by atoms with van der Waals surface area (Å²) in [6.07, 6.45) is 4.40. The largest absolute Gasteiger partial charge is 0.465 e. The van der Waals surface area contributed by atoms with Gasteiger partial charge in [0.25, 0.3) is 0 Å². The van der Waals surface area contributed by atoms with E-state index in [2.05, 4.69) is 17.0 Å². The predicted molar refractivity (Wildman–Crippen MR) is 85.5 cm³/mol. The SMILES string of the molecule is CC(=O)CC(=O)OCCC(c1ccccc1)N1CCCCC1. The Labute approximate surface area is 132 Å². The molecule has 1 heterocycles. The van der Waals surface area contributed by atoms with E-state index in [1.807, 2.05) is 18.2 Å². The lowest BCUT2D eigenvalue weighted by Crippen LogP contribution is -2.34. The van der Waals surface area contributed by atoms with Crippen molar-refractivity contribution in [1.82, 2.24) is 4.90 Å². The Balaban J connectivity index is 1.93. The summed E-state index contributed by atoms with van der Waals surface area (Å²) in [7, 11) is 0. The number of rotatable bonds is 7. The third-order valence-electron chi connectivity index (χ3n) is 4.06. The molecule has 1 atom stereocenters. The minimum absolute atomic E-state index is 0.125. The number of esters is 1. The second kappa shape index (κ2) is 8.69. The third-order valence-corrected chi connectivity index (χ3v) is 4.06. The number of carbonyl (C=O) groups is 2. The summed E-state index contributed by atoms with van der Waals surface area (Å²) in [5.41, 5.74) is 1.27. The first kappa shape index (κ1) is 16.7. The summed E-state index contributed by atoms with van der Waals surface area (Å²) in [6, 6.07) is 10.7. The Bertz CT molecular complexity index is 480. The van der Waals surface area contributed by atoms with Crippen molar-refractivity contribution in [2.24, 2.45) is 0 Å². The van der Waals surface area contributed by atoms with Crippen LogP contribution in [0.3, 0.4) is 0 Å². The van der Waals surface area contributed by atoms with Gasteiger partial charge in [-0.25, -0.2) is 0 Å². The fourth-order valence-electron chi connectivity index (χ4n) is 3.00. The maximum absolute atomic E-state index is 11.5. The van der Waals surface area contributed by atoms with Crippen molar-refractivity contribution >= 4 is 11.8 Å². The maximum Gasteiger partial charge on any atom is 0.313 e. The van der Waals surface area contributed by atoms with Crippen LogP contribution in [0.15, 0.2) is 30.3 Å². The highest BCUT2D eigenvalue weighted by molar-refractivity contribution is 5.94. The minimum atomic E-state index is -0.419. The molecule has 120 valence electrons. The zero-order valence-electron chi connectivity index (χ0n) is 13.3. The Morgan fingerprint density at radius 1 is 1.14 bits per heavy atom. The van der Waals surface area contributed by atoms with Crippen molar-refractivity contribution in [2.75, 3.05) is 19.7 Å². The number of ether oxygens (including phenoxy) is 1. The van der Waals surface area contributed by atoms with Gasteiger partial charge in [0.05, 0.1) is 6.61 Å². The molecule has 1 saturated heterocycles. The third kappa shape index (κ3) is 5.26. The number of carbonyl (C=O) groups excluding carboxylic acids is 2. The van der Waals surface area contributed by atoms with Crippen LogP contribution in [0.25, 0.3) is 0 Å². The molecule has 0 saturated carbocycles. The molecule has 1 aromatic rings. The number of piperidine rings is 1. The van der Waals surface area contributed by atoms with Crippen LogP contribution in [0.2, 0.25) is 0 Å². The van der Waals surface area contributed by atoms with E-state index >= 15 is 0 Å². The van der Waals surface area contributed by atoms with E-state index in [9.17, 15) is 9.59 Å². The van der Waals surface area contributed by atoms with Crippen molar-refractivity contribution in [1.29, 1.82) is 0 Å². The molecule has 1 aromatic carbocycles. The molecule has 4 nitrogen and oxygen atoms in total. The van der Waals surface area contributed by atoms with Crippen LogP contribution in [-0.2, 0) is 14.3 Å². The molecule has 22 heavy (non-hydrogen) atoms. The summed E-state index contributed by atoms with van der Waals surface area (Å²) in [5, 5.41) is 0. The molecule has 2 rings (SSSR count). The number of hydrogen-bond donors (Lipinski definition) is 0. The Morgan fingerprint density at radius 3 is 2.45 bits per heavy atom. The van der Waals surface area contributed by atoms with E-state index < -0.39 is 5.97 Å². The van der Waals surface area contributed by atoms with E-state index in [0.717, 1.165) is 19.5 Å². The van der Waals surface area contributed by atoms with Crippen molar-refractivity contribution in [3.8, 4) is 0 Å². The molecule has 0 radical (unpaired) electrons. The molecule has 0 amide bonds. The van der Waals surface area contributed by atoms with E-state index in [-0.39, 0.29) is 18.2 Å². The second-order valence-corrected chi connectivity index (χ2v) is 5.91. The molecule has 0 aliphatic carbocycles. The van der Waals surface area contributed by atoms with Crippen molar-refractivity contribution < 1.29 is 14.3 Å². The van der Waals surface area contributed by atoms with E-state index in [4.69, 9.17) is 4.74 Å². The van der Waals surface area contributed by atoms with Crippen LogP contribution in [0.1, 0.15) is 50.6 Å². The van der Waals surface area contributed by atoms with Gasteiger partial charge >= 0.3 is 5.97 Å². The topological polar surface area (TPSA) is 46.6 Å². The molecule has 0 spiro atoms. The van der Waals surface area contributed by atoms with Crippen LogP contribution >= 0.6 is 0 Å². The zero-order chi connectivity index (χ0) is 15.8. The van der Waals surface area contributed by atoms with Gasteiger partial charge < -0.3 is 4.74 Å². The zero-order valence-corrected chi connectivity index (χ0v) is 13.3. The summed E-state index contributed by atoms with van der Waals surface area (Å²) in [5.74, 6) is -0.571. The lowest BCUT2D eigenvalue weighted by molar-refractivity contribution is -0.146. The average molecular weight is 303 g/mol. The number of Topliss-reactive ketones (excluding diaryl/α,β-unsaturated/α-hetero) is 1. The van der Waals surface area contributed by atoms with Gasteiger partial charge in [-0.1, -0.05) is 36.8 Å². The average Bonchev–Trinajstić information content (AvgIpc) is 2.52. The summed E-state index contributed by atoms with van der Waals surface area (Å²) in [4.78, 5) is 24.9. The molecular formula is C18H25NO3. The fourth-order valence-corrected chi connectivity index (χ4v) is 3.00.